The molecule has 0 amide bonds. The highest BCUT2D eigenvalue weighted by Gasteiger charge is 2.49. The lowest BCUT2D eigenvalue weighted by atomic mass is 9.54. The fourth-order valence-electron chi connectivity index (χ4n) is 10.4. The van der Waals surface area contributed by atoms with Crippen LogP contribution in [0.2, 0.25) is 0 Å². The number of para-hydroxylation sites is 2. The van der Waals surface area contributed by atoms with E-state index in [0.29, 0.717) is 12.1 Å². The summed E-state index contributed by atoms with van der Waals surface area (Å²) < 4.78 is 0. The zero-order valence-corrected chi connectivity index (χ0v) is 20.5. The summed E-state index contributed by atoms with van der Waals surface area (Å²) in [4.78, 5) is 0. The van der Waals surface area contributed by atoms with Gasteiger partial charge in [-0.1, -0.05) is 36.4 Å². The van der Waals surface area contributed by atoms with Crippen LogP contribution in [0.1, 0.15) is 64.2 Å². The molecule has 2 heteroatoms. The van der Waals surface area contributed by atoms with E-state index in [2.05, 4.69) is 59.2 Å². The topological polar surface area (TPSA) is 24.1 Å². The van der Waals surface area contributed by atoms with E-state index in [1.54, 1.807) is 0 Å². The van der Waals surface area contributed by atoms with Crippen molar-refractivity contribution in [3.05, 3.63) is 48.5 Å². The van der Waals surface area contributed by atoms with E-state index in [1.165, 1.54) is 86.7 Å². The van der Waals surface area contributed by atoms with Crippen LogP contribution >= 0.6 is 0 Å². The van der Waals surface area contributed by atoms with Crippen molar-refractivity contribution >= 4 is 11.4 Å². The first kappa shape index (κ1) is 20.3. The summed E-state index contributed by atoms with van der Waals surface area (Å²) in [6.07, 6.45) is 14.8. The summed E-state index contributed by atoms with van der Waals surface area (Å²) in [6.45, 7) is 0. The molecule has 8 bridgehead atoms. The Labute approximate surface area is 205 Å². The lowest BCUT2D eigenvalue weighted by Gasteiger charge is -2.55. The van der Waals surface area contributed by atoms with Crippen LogP contribution < -0.4 is 10.6 Å². The maximum absolute atomic E-state index is 4.15. The zero-order chi connectivity index (χ0) is 22.2. The number of hydrogen-bond acceptors (Lipinski definition) is 2. The third-order valence-corrected chi connectivity index (χ3v) is 11.2. The smallest absolute Gasteiger partial charge is 0.0422 e. The molecule has 2 N–H and O–H groups in total. The molecule has 0 spiro atoms. The van der Waals surface area contributed by atoms with Crippen molar-refractivity contribution in [2.75, 3.05) is 10.6 Å². The third kappa shape index (κ3) is 3.27. The molecule has 2 aromatic carbocycles. The molecule has 0 unspecified atom stereocenters. The molecule has 8 saturated carbocycles. The van der Waals surface area contributed by atoms with Crippen LogP contribution in [0.15, 0.2) is 48.5 Å². The van der Waals surface area contributed by atoms with Crippen molar-refractivity contribution in [1.29, 1.82) is 0 Å². The first-order valence-corrected chi connectivity index (χ1v) is 14.5. The molecule has 0 heterocycles. The fourth-order valence-corrected chi connectivity index (χ4v) is 10.4. The van der Waals surface area contributed by atoms with Gasteiger partial charge in [0.05, 0.1) is 0 Å². The summed E-state index contributed by atoms with van der Waals surface area (Å²) >= 11 is 0. The van der Waals surface area contributed by atoms with E-state index in [4.69, 9.17) is 0 Å². The van der Waals surface area contributed by atoms with Gasteiger partial charge >= 0.3 is 0 Å². The molecule has 0 aromatic heterocycles. The van der Waals surface area contributed by atoms with Gasteiger partial charge in [-0.3, -0.25) is 0 Å². The molecule has 2 aromatic rings. The molecule has 10 rings (SSSR count). The van der Waals surface area contributed by atoms with Gasteiger partial charge in [-0.25, -0.2) is 0 Å². The van der Waals surface area contributed by atoms with E-state index in [-0.39, 0.29) is 0 Å². The predicted octanol–water partition coefficient (Wildman–Crippen LogP) is 7.83. The first-order valence-electron chi connectivity index (χ1n) is 14.5. The van der Waals surface area contributed by atoms with E-state index >= 15 is 0 Å². The van der Waals surface area contributed by atoms with Gasteiger partial charge < -0.3 is 10.6 Å². The van der Waals surface area contributed by atoms with Crippen molar-refractivity contribution in [1.82, 2.24) is 0 Å². The molecule has 0 radical (unpaired) electrons. The monoisotopic (exact) mass is 452 g/mol. The molecular formula is C32H40N2. The molecule has 2 nitrogen and oxygen atoms in total. The van der Waals surface area contributed by atoms with Gasteiger partial charge in [0.25, 0.3) is 0 Å². The molecule has 8 aliphatic carbocycles. The zero-order valence-electron chi connectivity index (χ0n) is 20.5. The van der Waals surface area contributed by atoms with E-state index in [0.717, 1.165) is 47.3 Å². The normalized spacial score (nSPS) is 43.3. The maximum atomic E-state index is 4.15. The SMILES string of the molecule is c1ccc(-c2ccccc2NC2C3CC4CC(C3)CC2C4)c(NC2C3CC4CC(C3)CC2C4)c1. The first-order chi connectivity index (χ1) is 16.8. The van der Waals surface area contributed by atoms with Crippen molar-refractivity contribution in [3.63, 3.8) is 0 Å². The molecular weight excluding hydrogens is 412 g/mol. The Bertz CT molecular complexity index is 931. The minimum atomic E-state index is 0.679. The quantitative estimate of drug-likeness (QED) is 0.483. The Morgan fingerprint density at radius 2 is 0.735 bits per heavy atom. The van der Waals surface area contributed by atoms with Gasteiger partial charge in [0.1, 0.15) is 0 Å². The van der Waals surface area contributed by atoms with Crippen molar-refractivity contribution in [2.45, 2.75) is 76.3 Å². The largest absolute Gasteiger partial charge is 0.381 e. The molecule has 8 fully saturated rings. The van der Waals surface area contributed by atoms with Crippen LogP contribution in [0.4, 0.5) is 11.4 Å². The van der Waals surface area contributed by atoms with Crippen molar-refractivity contribution in [3.8, 4) is 11.1 Å². The van der Waals surface area contributed by atoms with Crippen LogP contribution in [0.5, 0.6) is 0 Å². The summed E-state index contributed by atoms with van der Waals surface area (Å²) in [7, 11) is 0. The van der Waals surface area contributed by atoms with Crippen LogP contribution in [0.3, 0.4) is 0 Å². The van der Waals surface area contributed by atoms with Crippen LogP contribution in [-0.4, -0.2) is 12.1 Å². The molecule has 0 aliphatic heterocycles. The second-order valence-corrected chi connectivity index (χ2v) is 13.3. The van der Waals surface area contributed by atoms with Gasteiger partial charge in [0.15, 0.2) is 0 Å². The molecule has 0 saturated heterocycles. The van der Waals surface area contributed by atoms with E-state index < -0.39 is 0 Å². The molecule has 34 heavy (non-hydrogen) atoms. The van der Waals surface area contributed by atoms with E-state index in [1.807, 2.05) is 0 Å². The second kappa shape index (κ2) is 7.77. The number of rotatable bonds is 5. The average molecular weight is 453 g/mol. The average Bonchev–Trinajstić information content (AvgIpc) is 2.83. The van der Waals surface area contributed by atoms with Gasteiger partial charge in [-0.05, 0) is 124 Å². The minimum absolute atomic E-state index is 0.679. The Morgan fingerprint density at radius 3 is 1.09 bits per heavy atom. The van der Waals surface area contributed by atoms with Crippen molar-refractivity contribution in [2.24, 2.45) is 47.3 Å². The second-order valence-electron chi connectivity index (χ2n) is 13.3. The van der Waals surface area contributed by atoms with Crippen LogP contribution in [0.25, 0.3) is 11.1 Å². The summed E-state index contributed by atoms with van der Waals surface area (Å²) in [5.41, 5.74) is 5.50. The Balaban J connectivity index is 1.09. The van der Waals surface area contributed by atoms with Gasteiger partial charge in [0.2, 0.25) is 0 Å². The number of anilines is 2. The molecule has 0 atom stereocenters. The lowest BCUT2D eigenvalue weighted by Crippen LogP contribution is -2.51. The minimum Gasteiger partial charge on any atom is -0.381 e. The maximum Gasteiger partial charge on any atom is 0.0422 e. The molecule has 8 aliphatic rings. The van der Waals surface area contributed by atoms with E-state index in [9.17, 15) is 0 Å². The highest BCUT2D eigenvalue weighted by atomic mass is 15.0. The Hall–Kier alpha value is -1.96. The standard InChI is InChI=1S/C32H40N2/c1-3-7-29(33-31-23-11-19-9-20(13-23)14-24(31)12-19)27(5-1)28-6-2-4-8-30(28)34-32-25-15-21-10-22(17-25)18-26(32)16-21/h1-8,19-26,31-34H,9-18H2. The van der Waals surface area contributed by atoms with Gasteiger partial charge in [0, 0.05) is 34.6 Å². The van der Waals surface area contributed by atoms with Crippen molar-refractivity contribution < 1.29 is 0 Å². The Kier molecular flexibility index (Phi) is 4.63. The Morgan fingerprint density at radius 1 is 0.412 bits per heavy atom. The fraction of sp³-hybridized carbons (Fsp3) is 0.625. The number of benzene rings is 2. The summed E-state index contributed by atoms with van der Waals surface area (Å²) in [5, 5.41) is 8.29. The highest BCUT2D eigenvalue weighted by Crippen LogP contribution is 2.56. The third-order valence-electron chi connectivity index (χ3n) is 11.2. The number of nitrogens with one attached hydrogen (secondary N) is 2. The van der Waals surface area contributed by atoms with Crippen LogP contribution in [0, 0.1) is 47.3 Å². The van der Waals surface area contributed by atoms with Gasteiger partial charge in [-0.15, -0.1) is 0 Å². The number of hydrogen-bond donors (Lipinski definition) is 2. The summed E-state index contributed by atoms with van der Waals surface area (Å²) in [5.74, 6) is 7.69. The summed E-state index contributed by atoms with van der Waals surface area (Å²) in [6, 6.07) is 19.7. The van der Waals surface area contributed by atoms with Gasteiger partial charge in [-0.2, -0.15) is 0 Å². The lowest BCUT2D eigenvalue weighted by molar-refractivity contribution is 0.00746. The van der Waals surface area contributed by atoms with Crippen LogP contribution in [-0.2, 0) is 0 Å². The highest BCUT2D eigenvalue weighted by molar-refractivity contribution is 5.86. The predicted molar refractivity (Wildman–Crippen MR) is 141 cm³/mol. The molecule has 178 valence electrons.